The molecule has 2 unspecified atom stereocenters. The van der Waals surface area contributed by atoms with E-state index in [4.69, 9.17) is 9.73 Å². The molecule has 9 heteroatoms. The summed E-state index contributed by atoms with van der Waals surface area (Å²) in [6.45, 7) is 11.5. The third kappa shape index (κ3) is 7.56. The molecule has 1 aliphatic heterocycles. The molecule has 0 aromatic carbocycles. The zero-order valence-electron chi connectivity index (χ0n) is 17.9. The molecule has 1 saturated heterocycles. The van der Waals surface area contributed by atoms with Gasteiger partial charge in [0.25, 0.3) is 0 Å². The van der Waals surface area contributed by atoms with E-state index in [2.05, 4.69) is 41.1 Å². The van der Waals surface area contributed by atoms with E-state index < -0.39 is 10.0 Å². The van der Waals surface area contributed by atoms with Gasteiger partial charge in [-0.05, 0) is 37.3 Å². The van der Waals surface area contributed by atoms with Gasteiger partial charge in [0.05, 0.1) is 6.10 Å². The summed E-state index contributed by atoms with van der Waals surface area (Å²) in [5.41, 5.74) is 0.0803. The molecule has 0 amide bonds. The van der Waals surface area contributed by atoms with Gasteiger partial charge in [-0.15, -0.1) is 0 Å². The lowest BCUT2D eigenvalue weighted by Gasteiger charge is -2.39. The van der Waals surface area contributed by atoms with Gasteiger partial charge in [0, 0.05) is 51.1 Å². The maximum absolute atomic E-state index is 12.2. The Kier molecular flexibility index (Phi) is 8.85. The van der Waals surface area contributed by atoms with E-state index in [1.165, 1.54) is 12.3 Å². The molecule has 2 heterocycles. The summed E-state index contributed by atoms with van der Waals surface area (Å²) in [6, 6.07) is 3.12. The van der Waals surface area contributed by atoms with Crippen LogP contribution in [0.5, 0.6) is 0 Å². The van der Waals surface area contributed by atoms with Gasteiger partial charge in [-0.2, -0.15) is 0 Å². The number of nitrogens with zero attached hydrogens (tertiary/aromatic N) is 2. The monoisotopic (exact) mass is 425 g/mol. The van der Waals surface area contributed by atoms with E-state index in [1.54, 1.807) is 12.3 Å². The van der Waals surface area contributed by atoms with E-state index in [0.29, 0.717) is 25.0 Å². The van der Waals surface area contributed by atoms with Gasteiger partial charge >= 0.3 is 0 Å². The second-order valence-corrected chi connectivity index (χ2v) is 10.1. The molecule has 1 aromatic heterocycles. The molecular weight excluding hydrogens is 390 g/mol. The van der Waals surface area contributed by atoms with Crippen LogP contribution in [-0.4, -0.2) is 58.3 Å². The summed E-state index contributed by atoms with van der Waals surface area (Å²) in [5.74, 6) is 1.06. The maximum Gasteiger partial charge on any atom is 0.242 e. The number of sulfonamides is 1. The van der Waals surface area contributed by atoms with Crippen molar-refractivity contribution in [1.82, 2.24) is 20.3 Å². The summed E-state index contributed by atoms with van der Waals surface area (Å²) >= 11 is 0. The first kappa shape index (κ1) is 23.6. The first-order chi connectivity index (χ1) is 13.7. The van der Waals surface area contributed by atoms with Gasteiger partial charge in [0.2, 0.25) is 10.0 Å². The maximum atomic E-state index is 12.2. The molecule has 1 fully saturated rings. The average molecular weight is 426 g/mol. The molecule has 8 nitrogen and oxygen atoms in total. The third-order valence-electron chi connectivity index (χ3n) is 4.78. The van der Waals surface area contributed by atoms with Gasteiger partial charge in [0.1, 0.15) is 4.90 Å². The zero-order valence-corrected chi connectivity index (χ0v) is 18.8. The van der Waals surface area contributed by atoms with Crippen LogP contribution in [0.1, 0.15) is 40.5 Å². The highest BCUT2D eigenvalue weighted by Crippen LogP contribution is 2.34. The molecule has 0 aliphatic carbocycles. The standard InChI is InChI=1S/C20H35N5O3S/c1-5-22-19(24-14-16-8-7-13-28-18(16)20(2,3)4)23-11-12-25-29(26,27)17-9-6-10-21-15-17/h6,9-10,15-16,18,25H,5,7-8,11-14H2,1-4H3,(H2,22,23,24). The summed E-state index contributed by atoms with van der Waals surface area (Å²) in [7, 11) is -3.55. The molecule has 0 radical (unpaired) electrons. The number of rotatable bonds is 8. The largest absolute Gasteiger partial charge is 0.377 e. The van der Waals surface area contributed by atoms with Crippen molar-refractivity contribution in [3.8, 4) is 0 Å². The minimum absolute atomic E-state index is 0.0803. The second kappa shape index (κ2) is 10.9. The highest BCUT2D eigenvalue weighted by molar-refractivity contribution is 7.89. The fourth-order valence-corrected chi connectivity index (χ4v) is 4.49. The quantitative estimate of drug-likeness (QED) is 0.333. The van der Waals surface area contributed by atoms with Crippen molar-refractivity contribution in [1.29, 1.82) is 0 Å². The zero-order chi connectivity index (χ0) is 21.3. The van der Waals surface area contributed by atoms with Crippen LogP contribution in [0.4, 0.5) is 0 Å². The number of nitrogens with one attached hydrogen (secondary N) is 3. The molecule has 0 spiro atoms. The van der Waals surface area contributed by atoms with Gasteiger partial charge in [0.15, 0.2) is 5.96 Å². The predicted octanol–water partition coefficient (Wildman–Crippen LogP) is 1.76. The van der Waals surface area contributed by atoms with Crippen molar-refractivity contribution in [3.05, 3.63) is 24.5 Å². The summed E-state index contributed by atoms with van der Waals surface area (Å²) in [5, 5.41) is 6.41. The smallest absolute Gasteiger partial charge is 0.242 e. The molecule has 0 saturated carbocycles. The summed E-state index contributed by atoms with van der Waals surface area (Å²) < 4.78 is 33.1. The van der Waals surface area contributed by atoms with Crippen LogP contribution < -0.4 is 15.4 Å². The molecule has 1 aromatic rings. The van der Waals surface area contributed by atoms with Crippen molar-refractivity contribution >= 4 is 16.0 Å². The lowest BCUT2D eigenvalue weighted by molar-refractivity contribution is -0.0823. The third-order valence-corrected chi connectivity index (χ3v) is 6.23. The molecule has 1 aliphatic rings. The number of aromatic nitrogens is 1. The van der Waals surface area contributed by atoms with Crippen LogP contribution in [0.3, 0.4) is 0 Å². The average Bonchev–Trinajstić information content (AvgIpc) is 2.69. The van der Waals surface area contributed by atoms with Crippen LogP contribution in [0, 0.1) is 11.3 Å². The first-order valence-electron chi connectivity index (χ1n) is 10.3. The van der Waals surface area contributed by atoms with Gasteiger partial charge in [-0.1, -0.05) is 20.8 Å². The second-order valence-electron chi connectivity index (χ2n) is 8.29. The van der Waals surface area contributed by atoms with E-state index in [0.717, 1.165) is 26.0 Å². The Bertz CT molecular complexity index is 747. The van der Waals surface area contributed by atoms with Crippen LogP contribution in [0.2, 0.25) is 0 Å². The fraction of sp³-hybridized carbons (Fsp3) is 0.700. The van der Waals surface area contributed by atoms with Crippen molar-refractivity contribution in [2.24, 2.45) is 16.3 Å². The Balaban J connectivity index is 1.87. The highest BCUT2D eigenvalue weighted by Gasteiger charge is 2.35. The van der Waals surface area contributed by atoms with Gasteiger partial charge < -0.3 is 15.4 Å². The number of hydrogen-bond acceptors (Lipinski definition) is 5. The molecular formula is C20H35N5O3S. The Hall–Kier alpha value is -1.71. The SMILES string of the molecule is CCNC(=NCC1CCCOC1C(C)(C)C)NCCNS(=O)(=O)c1cccnc1. The van der Waals surface area contributed by atoms with Crippen LogP contribution in [-0.2, 0) is 14.8 Å². The van der Waals surface area contributed by atoms with Crippen molar-refractivity contribution in [3.63, 3.8) is 0 Å². The minimum atomic E-state index is -3.55. The Morgan fingerprint density at radius 3 is 2.76 bits per heavy atom. The van der Waals surface area contributed by atoms with Crippen molar-refractivity contribution < 1.29 is 13.2 Å². The van der Waals surface area contributed by atoms with Crippen LogP contribution in [0.15, 0.2) is 34.4 Å². The number of ether oxygens (including phenoxy) is 1. The summed E-state index contributed by atoms with van der Waals surface area (Å²) in [4.78, 5) is 8.73. The fourth-order valence-electron chi connectivity index (χ4n) is 3.49. The van der Waals surface area contributed by atoms with E-state index in [-0.39, 0.29) is 23.0 Å². The normalized spacial score (nSPS) is 21.0. The molecule has 29 heavy (non-hydrogen) atoms. The topological polar surface area (TPSA) is 105 Å². The molecule has 2 atom stereocenters. The first-order valence-corrected chi connectivity index (χ1v) is 11.8. The number of aliphatic imine (C=N–C) groups is 1. The number of hydrogen-bond donors (Lipinski definition) is 3. The Morgan fingerprint density at radius 1 is 1.31 bits per heavy atom. The van der Waals surface area contributed by atoms with Crippen molar-refractivity contribution in [2.75, 3.05) is 32.8 Å². The minimum Gasteiger partial charge on any atom is -0.377 e. The van der Waals surface area contributed by atoms with Crippen LogP contribution in [0.25, 0.3) is 0 Å². The molecule has 164 valence electrons. The van der Waals surface area contributed by atoms with E-state index in [9.17, 15) is 8.42 Å². The Morgan fingerprint density at radius 2 is 2.10 bits per heavy atom. The molecule has 2 rings (SSSR count). The molecule has 3 N–H and O–H groups in total. The predicted molar refractivity (Wildman–Crippen MR) is 115 cm³/mol. The van der Waals surface area contributed by atoms with E-state index >= 15 is 0 Å². The number of pyridine rings is 1. The van der Waals surface area contributed by atoms with Gasteiger partial charge in [-0.3, -0.25) is 9.98 Å². The lowest BCUT2D eigenvalue weighted by atomic mass is 9.78. The van der Waals surface area contributed by atoms with Gasteiger partial charge in [-0.25, -0.2) is 13.1 Å². The number of guanidine groups is 1. The van der Waals surface area contributed by atoms with Crippen molar-refractivity contribution in [2.45, 2.75) is 51.5 Å². The Labute approximate surface area is 175 Å². The lowest BCUT2D eigenvalue weighted by Crippen LogP contribution is -2.44. The highest BCUT2D eigenvalue weighted by atomic mass is 32.2. The summed E-state index contributed by atoms with van der Waals surface area (Å²) in [6.07, 6.45) is 5.23. The van der Waals surface area contributed by atoms with E-state index in [1.807, 2.05) is 6.92 Å². The van der Waals surface area contributed by atoms with Crippen LogP contribution >= 0.6 is 0 Å². The molecule has 0 bridgehead atoms.